The SMILES string of the molecule is CCCCc1ccc(NC2=Nc3ccccc3N3C2=Nc2c(c(C)nn2-c2ccccc2)C3c2ccc(F)cc2)cc1. The smallest absolute Gasteiger partial charge is 0.179 e. The van der Waals surface area contributed by atoms with Crippen LogP contribution in [0.25, 0.3) is 5.69 Å². The summed E-state index contributed by atoms with van der Waals surface area (Å²) < 4.78 is 16.0. The van der Waals surface area contributed by atoms with Crippen molar-refractivity contribution in [2.45, 2.75) is 39.2 Å². The summed E-state index contributed by atoms with van der Waals surface area (Å²) in [6.45, 7) is 4.22. The van der Waals surface area contributed by atoms with Crippen molar-refractivity contribution in [3.05, 3.63) is 131 Å². The molecule has 0 bridgehead atoms. The topological polar surface area (TPSA) is 57.8 Å². The van der Waals surface area contributed by atoms with Gasteiger partial charge in [0.25, 0.3) is 0 Å². The number of aromatic nitrogens is 2. The lowest BCUT2D eigenvalue weighted by Crippen LogP contribution is -2.46. The molecule has 7 heteroatoms. The van der Waals surface area contributed by atoms with Crippen molar-refractivity contribution in [1.29, 1.82) is 0 Å². The van der Waals surface area contributed by atoms with E-state index in [1.54, 1.807) is 0 Å². The van der Waals surface area contributed by atoms with E-state index >= 15 is 0 Å². The van der Waals surface area contributed by atoms with Gasteiger partial charge in [0.15, 0.2) is 17.5 Å². The highest BCUT2D eigenvalue weighted by Crippen LogP contribution is 2.48. The Morgan fingerprint density at radius 2 is 1.57 bits per heavy atom. The molecular weight excluding hydrogens is 523 g/mol. The molecule has 2 aliphatic rings. The molecule has 1 unspecified atom stereocenters. The van der Waals surface area contributed by atoms with Crippen LogP contribution in [0.3, 0.4) is 0 Å². The minimum atomic E-state index is -0.296. The Balaban J connectivity index is 1.41. The number of anilines is 2. The molecule has 0 saturated heterocycles. The number of para-hydroxylation sites is 3. The second-order valence-corrected chi connectivity index (χ2v) is 10.7. The van der Waals surface area contributed by atoms with Crippen molar-refractivity contribution in [2.24, 2.45) is 9.98 Å². The van der Waals surface area contributed by atoms with Gasteiger partial charge in [-0.3, -0.25) is 0 Å². The van der Waals surface area contributed by atoms with Crippen LogP contribution in [0.2, 0.25) is 0 Å². The second-order valence-electron chi connectivity index (χ2n) is 10.7. The zero-order valence-electron chi connectivity index (χ0n) is 23.6. The summed E-state index contributed by atoms with van der Waals surface area (Å²) in [7, 11) is 0. The van der Waals surface area contributed by atoms with Crippen molar-refractivity contribution in [1.82, 2.24) is 9.78 Å². The van der Waals surface area contributed by atoms with Gasteiger partial charge >= 0.3 is 0 Å². The van der Waals surface area contributed by atoms with Gasteiger partial charge in [-0.15, -0.1) is 0 Å². The van der Waals surface area contributed by atoms with Gasteiger partial charge in [0.1, 0.15) is 5.82 Å². The lowest BCUT2D eigenvalue weighted by Gasteiger charge is -2.40. The summed E-state index contributed by atoms with van der Waals surface area (Å²) in [4.78, 5) is 12.5. The van der Waals surface area contributed by atoms with Gasteiger partial charge in [-0.25, -0.2) is 19.1 Å². The number of aryl methyl sites for hydroxylation is 2. The number of aliphatic imine (C=N–C) groups is 2. The average molecular weight is 555 g/mol. The number of hydrogen-bond acceptors (Lipinski definition) is 5. The van der Waals surface area contributed by atoms with Crippen molar-refractivity contribution in [3.63, 3.8) is 0 Å². The first-order valence-corrected chi connectivity index (χ1v) is 14.4. The predicted octanol–water partition coefficient (Wildman–Crippen LogP) is 8.46. The molecule has 42 heavy (non-hydrogen) atoms. The molecule has 5 aromatic rings. The Morgan fingerprint density at radius 3 is 2.33 bits per heavy atom. The summed E-state index contributed by atoms with van der Waals surface area (Å²) in [5.41, 5.74) is 7.73. The van der Waals surface area contributed by atoms with Crippen LogP contribution in [0.15, 0.2) is 113 Å². The van der Waals surface area contributed by atoms with E-state index in [2.05, 4.69) is 47.5 Å². The number of amidine groups is 2. The van der Waals surface area contributed by atoms with Crippen LogP contribution in [-0.2, 0) is 6.42 Å². The van der Waals surface area contributed by atoms with Crippen LogP contribution >= 0.6 is 0 Å². The van der Waals surface area contributed by atoms with E-state index in [1.807, 2.05) is 72.3 Å². The molecule has 0 radical (unpaired) electrons. The van der Waals surface area contributed by atoms with Crippen LogP contribution in [0.4, 0.5) is 27.3 Å². The molecule has 1 N–H and O–H groups in total. The number of benzene rings is 4. The highest BCUT2D eigenvalue weighted by atomic mass is 19.1. The van der Waals surface area contributed by atoms with Crippen LogP contribution in [0.1, 0.15) is 48.2 Å². The standard InChI is InChI=1S/C35H31FN6/c1-3-4-10-24-15-21-27(22-16-24)37-33-35-39-34-31(23(2)40-42(34)28-11-6-5-7-12-28)32(25-17-19-26(36)20-18-25)41(35)30-14-9-8-13-29(30)38-33/h5-9,11-22,32H,3-4,10H2,1-2H3,(H,37,38). The number of unbranched alkanes of at least 4 members (excludes halogenated alkanes) is 1. The number of nitrogens with one attached hydrogen (secondary N) is 1. The fourth-order valence-corrected chi connectivity index (χ4v) is 5.78. The fraction of sp³-hybridized carbons (Fsp3) is 0.171. The van der Waals surface area contributed by atoms with E-state index in [4.69, 9.17) is 15.1 Å². The summed E-state index contributed by atoms with van der Waals surface area (Å²) in [5.74, 6) is 1.79. The Bertz CT molecular complexity index is 1800. The van der Waals surface area contributed by atoms with Crippen molar-refractivity contribution < 1.29 is 4.39 Å². The average Bonchev–Trinajstić information content (AvgIpc) is 3.36. The zero-order chi connectivity index (χ0) is 28.6. The molecule has 1 atom stereocenters. The molecule has 0 saturated carbocycles. The summed E-state index contributed by atoms with van der Waals surface area (Å²) in [6.07, 6.45) is 3.41. The van der Waals surface area contributed by atoms with E-state index < -0.39 is 0 Å². The first-order valence-electron chi connectivity index (χ1n) is 14.4. The number of nitrogens with zero attached hydrogens (tertiary/aromatic N) is 5. The van der Waals surface area contributed by atoms with Gasteiger partial charge in [0, 0.05) is 11.3 Å². The van der Waals surface area contributed by atoms with Gasteiger partial charge in [-0.2, -0.15) is 5.10 Å². The van der Waals surface area contributed by atoms with Crippen molar-refractivity contribution >= 4 is 34.6 Å². The minimum absolute atomic E-state index is 0.272. The molecular formula is C35H31FN6. The molecule has 0 fully saturated rings. The lowest BCUT2D eigenvalue weighted by molar-refractivity contribution is 0.626. The van der Waals surface area contributed by atoms with E-state index in [0.29, 0.717) is 11.7 Å². The van der Waals surface area contributed by atoms with Gasteiger partial charge in [-0.1, -0.05) is 67.9 Å². The monoisotopic (exact) mass is 554 g/mol. The van der Waals surface area contributed by atoms with E-state index in [1.165, 1.54) is 30.5 Å². The normalized spacial score (nSPS) is 15.3. The molecule has 4 aromatic carbocycles. The van der Waals surface area contributed by atoms with E-state index in [0.717, 1.165) is 51.8 Å². The van der Waals surface area contributed by atoms with Gasteiger partial charge in [0.2, 0.25) is 0 Å². The van der Waals surface area contributed by atoms with Gasteiger partial charge < -0.3 is 10.2 Å². The Morgan fingerprint density at radius 1 is 0.833 bits per heavy atom. The summed E-state index contributed by atoms with van der Waals surface area (Å²) in [6, 6.07) is 33.1. The van der Waals surface area contributed by atoms with E-state index in [9.17, 15) is 4.39 Å². The van der Waals surface area contributed by atoms with Crippen LogP contribution < -0.4 is 10.2 Å². The molecule has 0 aliphatic carbocycles. The highest BCUT2D eigenvalue weighted by molar-refractivity contribution is 6.51. The minimum Gasteiger partial charge on any atom is -0.337 e. The first-order chi connectivity index (χ1) is 20.6. The predicted molar refractivity (Wildman–Crippen MR) is 168 cm³/mol. The largest absolute Gasteiger partial charge is 0.337 e. The lowest BCUT2D eigenvalue weighted by atomic mass is 9.93. The maximum Gasteiger partial charge on any atom is 0.179 e. The van der Waals surface area contributed by atoms with Crippen molar-refractivity contribution in [2.75, 3.05) is 10.2 Å². The summed E-state index contributed by atoms with van der Waals surface area (Å²) >= 11 is 0. The van der Waals surface area contributed by atoms with Gasteiger partial charge in [0.05, 0.1) is 28.8 Å². The molecule has 3 heterocycles. The third-order valence-electron chi connectivity index (χ3n) is 7.86. The number of halogens is 1. The number of hydrogen-bond donors (Lipinski definition) is 1. The highest BCUT2D eigenvalue weighted by Gasteiger charge is 2.41. The second kappa shape index (κ2) is 10.7. The molecule has 6 nitrogen and oxygen atoms in total. The molecule has 0 spiro atoms. The third kappa shape index (κ3) is 4.57. The molecule has 2 aliphatic heterocycles. The Hall–Kier alpha value is -5.04. The maximum absolute atomic E-state index is 14.1. The third-order valence-corrected chi connectivity index (χ3v) is 7.86. The quantitative estimate of drug-likeness (QED) is 0.229. The summed E-state index contributed by atoms with van der Waals surface area (Å²) in [5, 5.41) is 8.53. The Labute approximate surface area is 244 Å². The van der Waals surface area contributed by atoms with Crippen LogP contribution in [-0.4, -0.2) is 21.5 Å². The number of rotatable bonds is 6. The van der Waals surface area contributed by atoms with E-state index in [-0.39, 0.29) is 11.9 Å². The Kier molecular flexibility index (Phi) is 6.62. The molecule has 7 rings (SSSR count). The molecule has 208 valence electrons. The fourth-order valence-electron chi connectivity index (χ4n) is 5.78. The van der Waals surface area contributed by atoms with Crippen LogP contribution in [0.5, 0.6) is 0 Å². The molecule has 0 amide bonds. The maximum atomic E-state index is 14.1. The zero-order valence-corrected chi connectivity index (χ0v) is 23.6. The molecule has 1 aromatic heterocycles. The first kappa shape index (κ1) is 25.9. The van der Waals surface area contributed by atoms with Gasteiger partial charge in [-0.05, 0) is 79.4 Å². The van der Waals surface area contributed by atoms with Crippen LogP contribution in [0, 0.1) is 12.7 Å². The van der Waals surface area contributed by atoms with Crippen molar-refractivity contribution in [3.8, 4) is 5.69 Å². The number of fused-ring (bicyclic) bond motifs is 4.